The minimum Gasteiger partial charge on any atom is -0.476 e. The summed E-state index contributed by atoms with van der Waals surface area (Å²) in [5, 5.41) is 17.8. The van der Waals surface area contributed by atoms with Gasteiger partial charge in [-0.1, -0.05) is 13.3 Å². The highest BCUT2D eigenvalue weighted by atomic mass is 16.7. The number of nitrogens with zero attached hydrogens (tertiary/aromatic N) is 10. The SMILES string of the molecule is CCCCOc1nc(N)nc(NCC)c1N.CCNc1nc(N)nc(OCCCOCCCOC)c1N.CCNc1nc(N)nc(OCCOCCOC)c1N.CCNc1nc(N)nc(OCNC)c1N.CCNc1nc(N)nc(OCOCC)c1N. The van der Waals surface area contributed by atoms with Crippen molar-refractivity contribution in [2.45, 2.75) is 74.1 Å². The van der Waals surface area contributed by atoms with Crippen LogP contribution in [0.5, 0.6) is 29.4 Å². The molecular weight excluding hydrogens is 1140 g/mol. The van der Waals surface area contributed by atoms with E-state index in [9.17, 15) is 0 Å². The highest BCUT2D eigenvalue weighted by Gasteiger charge is 2.15. The number of hydrogen-bond donors (Lipinski definition) is 16. The third-order valence-electron chi connectivity index (χ3n) is 10.1. The summed E-state index contributed by atoms with van der Waals surface area (Å²) in [7, 11) is 5.05. The van der Waals surface area contributed by atoms with Gasteiger partial charge in [0.1, 0.15) is 41.8 Å². The van der Waals surface area contributed by atoms with Crippen LogP contribution in [0.2, 0.25) is 0 Å². The normalized spacial score (nSPS) is 10.3. The van der Waals surface area contributed by atoms with Gasteiger partial charge in [0.25, 0.3) is 0 Å². The molecule has 36 nitrogen and oxygen atoms in total. The average Bonchev–Trinajstić information content (AvgIpc) is 2.97. The third-order valence-corrected chi connectivity index (χ3v) is 10.1. The fraction of sp³-hybridized carbons (Fsp3) is 0.608. The first-order chi connectivity index (χ1) is 41.9. The monoisotopic (exact) mass is 1230 g/mol. The van der Waals surface area contributed by atoms with Crippen LogP contribution in [0, 0.1) is 0 Å². The van der Waals surface area contributed by atoms with Crippen molar-refractivity contribution < 1.29 is 47.4 Å². The zero-order valence-corrected chi connectivity index (χ0v) is 52.2. The zero-order chi connectivity index (χ0) is 64.8. The maximum Gasteiger partial charge on any atom is 0.246 e. The molecule has 0 radical (unpaired) electrons. The molecule has 87 heavy (non-hydrogen) atoms. The molecule has 5 aromatic heterocycles. The average molecular weight is 1240 g/mol. The van der Waals surface area contributed by atoms with Crippen molar-refractivity contribution in [1.82, 2.24) is 55.2 Å². The van der Waals surface area contributed by atoms with Crippen LogP contribution in [0.15, 0.2) is 0 Å². The number of aromatic nitrogens is 10. The highest BCUT2D eigenvalue weighted by molar-refractivity contribution is 5.71. The maximum atomic E-state index is 5.92. The molecule has 5 heterocycles. The van der Waals surface area contributed by atoms with Crippen LogP contribution in [0.3, 0.4) is 0 Å². The number of methoxy groups -OCH3 is 2. The number of anilines is 15. The molecule has 0 fully saturated rings. The van der Waals surface area contributed by atoms with Gasteiger partial charge >= 0.3 is 0 Å². The topological polar surface area (TPSA) is 554 Å². The zero-order valence-electron chi connectivity index (χ0n) is 52.2. The van der Waals surface area contributed by atoms with E-state index in [2.05, 4.69) is 88.7 Å². The first-order valence-electron chi connectivity index (χ1n) is 28.3. The summed E-state index contributed by atoms with van der Waals surface area (Å²) in [6, 6.07) is 0. The van der Waals surface area contributed by atoms with Crippen molar-refractivity contribution in [2.75, 3.05) is 218 Å². The molecule has 0 spiro atoms. The number of nitrogen functional groups attached to an aromatic ring is 10. The van der Waals surface area contributed by atoms with Crippen LogP contribution in [-0.2, 0) is 23.7 Å². The molecule has 0 aromatic carbocycles. The van der Waals surface area contributed by atoms with Crippen molar-refractivity contribution in [3.05, 3.63) is 0 Å². The summed E-state index contributed by atoms with van der Waals surface area (Å²) in [5.74, 6) is 4.56. The van der Waals surface area contributed by atoms with Gasteiger partial charge in [0.05, 0.1) is 33.0 Å². The quantitative estimate of drug-likeness (QED) is 0.0200. The Hall–Kier alpha value is -8.84. The van der Waals surface area contributed by atoms with Gasteiger partial charge in [0.2, 0.25) is 59.1 Å². The predicted molar refractivity (Wildman–Crippen MR) is 343 cm³/mol. The van der Waals surface area contributed by atoms with Crippen LogP contribution in [0.25, 0.3) is 0 Å². The van der Waals surface area contributed by atoms with Crippen LogP contribution >= 0.6 is 0 Å². The molecule has 0 saturated heterocycles. The number of nitrogens with one attached hydrogen (secondary N) is 6. The van der Waals surface area contributed by atoms with E-state index in [1.54, 1.807) is 21.3 Å². The molecular formula is C51H98N26O10. The fourth-order valence-corrected chi connectivity index (χ4v) is 6.20. The molecule has 492 valence electrons. The van der Waals surface area contributed by atoms with E-state index in [4.69, 9.17) is 105 Å². The van der Waals surface area contributed by atoms with Crippen LogP contribution in [0.4, 0.5) is 87.3 Å². The lowest BCUT2D eigenvalue weighted by atomic mass is 10.4. The van der Waals surface area contributed by atoms with Gasteiger partial charge in [0, 0.05) is 79.8 Å². The predicted octanol–water partition coefficient (Wildman–Crippen LogP) is 2.34. The van der Waals surface area contributed by atoms with Crippen LogP contribution in [-0.4, -0.2) is 183 Å². The number of nitrogens with two attached hydrogens (primary N) is 10. The van der Waals surface area contributed by atoms with Crippen LogP contribution in [0.1, 0.15) is 74.1 Å². The second-order valence-corrected chi connectivity index (χ2v) is 17.1. The van der Waals surface area contributed by atoms with E-state index >= 15 is 0 Å². The maximum absolute atomic E-state index is 5.92. The lowest BCUT2D eigenvalue weighted by molar-refractivity contribution is 0.0202. The van der Waals surface area contributed by atoms with Gasteiger partial charge in [-0.25, -0.2) is 0 Å². The minimum absolute atomic E-state index is 0.0860. The number of unbranched alkanes of at least 4 members (excludes halogenated alkanes) is 1. The summed E-state index contributed by atoms with van der Waals surface area (Å²) < 4.78 is 52.4. The number of rotatable bonds is 37. The summed E-state index contributed by atoms with van der Waals surface area (Å²) in [6.07, 6.45) is 3.64. The molecule has 5 rings (SSSR count). The molecule has 0 aliphatic carbocycles. The molecule has 0 saturated carbocycles. The van der Waals surface area contributed by atoms with E-state index in [0.717, 1.165) is 32.2 Å². The first kappa shape index (κ1) is 76.2. The highest BCUT2D eigenvalue weighted by Crippen LogP contribution is 2.30. The van der Waals surface area contributed by atoms with Crippen molar-refractivity contribution in [3.8, 4) is 29.4 Å². The van der Waals surface area contributed by atoms with Crippen molar-refractivity contribution in [1.29, 1.82) is 0 Å². The smallest absolute Gasteiger partial charge is 0.246 e. The molecule has 0 bridgehead atoms. The Morgan fingerprint density at radius 1 is 0.322 bits per heavy atom. The lowest BCUT2D eigenvalue weighted by Crippen LogP contribution is -2.17. The largest absolute Gasteiger partial charge is 0.476 e. The van der Waals surface area contributed by atoms with Crippen molar-refractivity contribution >= 4 is 87.3 Å². The second-order valence-electron chi connectivity index (χ2n) is 17.1. The van der Waals surface area contributed by atoms with Crippen molar-refractivity contribution in [3.63, 3.8) is 0 Å². The van der Waals surface area contributed by atoms with Crippen molar-refractivity contribution in [2.24, 2.45) is 0 Å². The Morgan fingerprint density at radius 2 is 0.632 bits per heavy atom. The summed E-state index contributed by atoms with van der Waals surface area (Å²) in [6.45, 7) is 22.9. The number of hydrogen-bond acceptors (Lipinski definition) is 36. The fourth-order valence-electron chi connectivity index (χ4n) is 6.20. The van der Waals surface area contributed by atoms with Gasteiger partial charge in [-0.05, 0) is 61.4 Å². The molecule has 0 aliphatic heterocycles. The molecule has 0 unspecified atom stereocenters. The Kier molecular flexibility index (Phi) is 40.7. The Morgan fingerprint density at radius 3 is 0.966 bits per heavy atom. The van der Waals surface area contributed by atoms with Gasteiger partial charge in [-0.3, -0.25) is 5.32 Å². The summed E-state index contributed by atoms with van der Waals surface area (Å²) >= 11 is 0. The summed E-state index contributed by atoms with van der Waals surface area (Å²) in [5.41, 5.74) is 58.8. The van der Waals surface area contributed by atoms with E-state index in [1.165, 1.54) is 0 Å². The molecule has 0 aliphatic rings. The molecule has 36 heteroatoms. The van der Waals surface area contributed by atoms with Gasteiger partial charge in [0.15, 0.2) is 35.9 Å². The third kappa shape index (κ3) is 31.2. The Labute approximate surface area is 509 Å². The Balaban J connectivity index is 0.000000547. The summed E-state index contributed by atoms with van der Waals surface area (Å²) in [4.78, 5) is 39.6. The standard InChI is InChI=1S/C13H25N5O3.C11H21N5O3.C10H19N5O.C9H17N5O2.C8H16N6O/c1-3-16-11-10(14)12(18-13(15)17-11)21-9-5-8-20-7-4-6-19-2;1-3-14-9-8(12)10(16-11(13)15-9)19-7-6-18-5-4-17-2;1-3-5-6-16-9-7(11)8(13-4-2)14-10(12)15-9;1-3-12-7-6(10)8(14-9(11)13-7)16-5-15-4-2;1-3-12-6-5(9)7(15-4-11-2)14-8(10)13-6/h3-9,14H2,1-2H3,(H3,15,16,17,18);3-7,12H2,1-2H3,(H3,13,14,15,16);3-6,11H2,1-2H3,(H3,12,13,14,15);3-5,10H2,1-2H3,(H3,11,12,13,14);11H,3-4,9H2,1-2H3,(H3,10,12,13,14). The van der Waals surface area contributed by atoms with Gasteiger partial charge in [-0.15, -0.1) is 0 Å². The van der Waals surface area contributed by atoms with Crippen LogP contribution < -0.4 is 113 Å². The molecule has 26 N–H and O–H groups in total. The second kappa shape index (κ2) is 46.4. The van der Waals surface area contributed by atoms with Gasteiger partial charge in [-0.2, -0.15) is 49.8 Å². The number of ether oxygens (including phenoxy) is 10. The van der Waals surface area contributed by atoms with Gasteiger partial charge < -0.3 is 131 Å². The van der Waals surface area contributed by atoms with E-state index in [-0.39, 0.29) is 54.2 Å². The first-order valence-corrected chi connectivity index (χ1v) is 28.3. The molecule has 5 aromatic rings. The Bertz CT molecular complexity index is 2570. The van der Waals surface area contributed by atoms with E-state index < -0.39 is 0 Å². The van der Waals surface area contributed by atoms with E-state index in [0.29, 0.717) is 168 Å². The molecule has 0 atom stereocenters. The molecule has 0 amide bonds. The van der Waals surface area contributed by atoms with E-state index in [1.807, 2.05) is 41.5 Å². The minimum atomic E-state index is 0.0860. The lowest BCUT2D eigenvalue weighted by Gasteiger charge is -2.12.